The Kier molecular flexibility index (Phi) is 4.29. The molecule has 3 nitrogen and oxygen atoms in total. The fourth-order valence-electron chi connectivity index (χ4n) is 2.25. The summed E-state index contributed by atoms with van der Waals surface area (Å²) in [5, 5.41) is 3.42. The molecule has 0 amide bonds. The molecule has 1 aromatic heterocycles. The van der Waals surface area contributed by atoms with Crippen LogP contribution in [0.1, 0.15) is 25.5 Å². The molecule has 1 saturated heterocycles. The number of aromatic nitrogens is 1. The quantitative estimate of drug-likeness (QED) is 0.914. The van der Waals surface area contributed by atoms with E-state index in [1.165, 1.54) is 12.3 Å². The minimum Gasteiger partial charge on any atom is -0.369 e. The van der Waals surface area contributed by atoms with Crippen molar-refractivity contribution in [2.45, 2.75) is 32.0 Å². The normalized spacial score (nSPS) is 20.0. The van der Waals surface area contributed by atoms with Crippen LogP contribution in [-0.2, 0) is 6.18 Å². The lowest BCUT2D eigenvalue weighted by molar-refractivity contribution is -0.141. The van der Waals surface area contributed by atoms with E-state index in [4.69, 9.17) is 0 Å². The molecule has 1 aliphatic heterocycles. The molecule has 1 atom stereocenters. The molecule has 2 heterocycles. The van der Waals surface area contributed by atoms with E-state index in [0.29, 0.717) is 6.04 Å². The number of alkyl halides is 3. The summed E-state index contributed by atoms with van der Waals surface area (Å²) >= 11 is 0. The summed E-state index contributed by atoms with van der Waals surface area (Å²) in [7, 11) is 0. The monoisotopic (exact) mass is 273 g/mol. The van der Waals surface area contributed by atoms with Crippen molar-refractivity contribution in [2.24, 2.45) is 0 Å². The van der Waals surface area contributed by atoms with Crippen LogP contribution in [0.4, 0.5) is 18.9 Å². The Hall–Kier alpha value is -1.30. The summed E-state index contributed by atoms with van der Waals surface area (Å²) in [6.45, 7) is 4.77. The minimum absolute atomic E-state index is 0.419. The Bertz CT molecular complexity index is 403. The van der Waals surface area contributed by atoms with Crippen molar-refractivity contribution in [1.82, 2.24) is 10.3 Å². The van der Waals surface area contributed by atoms with E-state index in [1.54, 1.807) is 0 Å². The van der Waals surface area contributed by atoms with Crippen molar-refractivity contribution >= 4 is 5.69 Å². The van der Waals surface area contributed by atoms with Crippen LogP contribution < -0.4 is 10.2 Å². The van der Waals surface area contributed by atoms with Gasteiger partial charge in [-0.3, -0.25) is 0 Å². The first-order valence-electron chi connectivity index (χ1n) is 6.52. The molecule has 0 saturated carbocycles. The number of halogens is 3. The first kappa shape index (κ1) is 14.1. The van der Waals surface area contributed by atoms with E-state index >= 15 is 0 Å². The number of anilines is 1. The Labute approximate surface area is 110 Å². The fraction of sp³-hybridized carbons (Fsp3) is 0.615. The standard InChI is InChI=1S/C13H18F3N3/c1-2-6-17-10-5-7-19(9-10)11-3-4-12(18-8-11)13(14,15)16/h3-4,8,10,17H,2,5-7,9H2,1H3. The number of nitrogens with zero attached hydrogens (tertiary/aromatic N) is 2. The van der Waals surface area contributed by atoms with Gasteiger partial charge in [-0.15, -0.1) is 0 Å². The molecule has 1 aromatic rings. The smallest absolute Gasteiger partial charge is 0.369 e. The summed E-state index contributed by atoms with van der Waals surface area (Å²) < 4.78 is 37.2. The first-order chi connectivity index (χ1) is 9.00. The predicted octanol–water partition coefficient (Wildman–Crippen LogP) is 2.68. The zero-order valence-electron chi connectivity index (χ0n) is 10.9. The van der Waals surface area contributed by atoms with Gasteiger partial charge in [0.05, 0.1) is 11.9 Å². The summed E-state index contributed by atoms with van der Waals surface area (Å²) in [6, 6.07) is 2.96. The van der Waals surface area contributed by atoms with Crippen molar-refractivity contribution < 1.29 is 13.2 Å². The second-order valence-electron chi connectivity index (χ2n) is 4.79. The van der Waals surface area contributed by atoms with Crippen LogP contribution in [0.2, 0.25) is 0 Å². The highest BCUT2D eigenvalue weighted by molar-refractivity contribution is 5.46. The Morgan fingerprint density at radius 2 is 2.21 bits per heavy atom. The molecule has 6 heteroatoms. The van der Waals surface area contributed by atoms with Crippen LogP contribution in [0.3, 0.4) is 0 Å². The first-order valence-corrected chi connectivity index (χ1v) is 6.52. The van der Waals surface area contributed by atoms with Crippen molar-refractivity contribution in [2.75, 3.05) is 24.5 Å². The summed E-state index contributed by atoms with van der Waals surface area (Å²) in [5.74, 6) is 0. The maximum Gasteiger partial charge on any atom is 0.433 e. The minimum atomic E-state index is -4.37. The second-order valence-corrected chi connectivity index (χ2v) is 4.79. The SMILES string of the molecule is CCCNC1CCN(c2ccc(C(F)(F)F)nc2)C1. The number of nitrogens with one attached hydrogen (secondary N) is 1. The highest BCUT2D eigenvalue weighted by Crippen LogP contribution is 2.29. The molecule has 1 N–H and O–H groups in total. The van der Waals surface area contributed by atoms with Crippen LogP contribution >= 0.6 is 0 Å². The van der Waals surface area contributed by atoms with Gasteiger partial charge in [0.15, 0.2) is 0 Å². The molecule has 1 aliphatic rings. The fourth-order valence-corrected chi connectivity index (χ4v) is 2.25. The van der Waals surface area contributed by atoms with Gasteiger partial charge in [0.2, 0.25) is 0 Å². The van der Waals surface area contributed by atoms with Crippen LogP contribution in [0.25, 0.3) is 0 Å². The number of pyridine rings is 1. The maximum absolute atomic E-state index is 12.4. The molecule has 0 aromatic carbocycles. The van der Waals surface area contributed by atoms with Crippen molar-refractivity contribution in [3.8, 4) is 0 Å². The Balaban J connectivity index is 1.96. The topological polar surface area (TPSA) is 28.2 Å². The van der Waals surface area contributed by atoms with Gasteiger partial charge in [0.1, 0.15) is 5.69 Å². The maximum atomic E-state index is 12.4. The van der Waals surface area contributed by atoms with Crippen LogP contribution in [0.15, 0.2) is 18.3 Å². The molecule has 1 fully saturated rings. The predicted molar refractivity (Wildman–Crippen MR) is 68.2 cm³/mol. The van der Waals surface area contributed by atoms with Crippen molar-refractivity contribution in [3.63, 3.8) is 0 Å². The van der Waals surface area contributed by atoms with Gasteiger partial charge >= 0.3 is 6.18 Å². The highest BCUT2D eigenvalue weighted by atomic mass is 19.4. The average Bonchev–Trinajstić information content (AvgIpc) is 2.84. The molecular formula is C13H18F3N3. The van der Waals surface area contributed by atoms with E-state index < -0.39 is 11.9 Å². The summed E-state index contributed by atoms with van der Waals surface area (Å²) in [4.78, 5) is 5.56. The van der Waals surface area contributed by atoms with Crippen LogP contribution in [-0.4, -0.2) is 30.7 Å². The summed E-state index contributed by atoms with van der Waals surface area (Å²) in [5.41, 5.74) is -0.0788. The van der Waals surface area contributed by atoms with E-state index in [9.17, 15) is 13.2 Å². The lowest BCUT2D eigenvalue weighted by Gasteiger charge is -2.19. The zero-order chi connectivity index (χ0) is 13.9. The third kappa shape index (κ3) is 3.59. The molecule has 19 heavy (non-hydrogen) atoms. The molecule has 106 valence electrons. The van der Waals surface area contributed by atoms with Gasteiger partial charge in [-0.05, 0) is 31.5 Å². The third-order valence-corrected chi connectivity index (χ3v) is 3.27. The average molecular weight is 273 g/mol. The molecule has 0 bridgehead atoms. The van der Waals surface area contributed by atoms with E-state index in [2.05, 4.69) is 22.1 Å². The van der Waals surface area contributed by atoms with Gasteiger partial charge in [-0.25, -0.2) is 4.98 Å². The van der Waals surface area contributed by atoms with Gasteiger partial charge in [-0.2, -0.15) is 13.2 Å². The number of hydrogen-bond donors (Lipinski definition) is 1. The van der Waals surface area contributed by atoms with E-state index in [-0.39, 0.29) is 0 Å². The molecule has 2 rings (SSSR count). The molecule has 0 radical (unpaired) electrons. The molecule has 0 spiro atoms. The van der Waals surface area contributed by atoms with E-state index in [1.807, 2.05) is 0 Å². The molecular weight excluding hydrogens is 255 g/mol. The van der Waals surface area contributed by atoms with E-state index in [0.717, 1.165) is 44.2 Å². The molecule has 0 aliphatic carbocycles. The number of hydrogen-bond acceptors (Lipinski definition) is 3. The highest BCUT2D eigenvalue weighted by Gasteiger charge is 2.32. The molecule has 1 unspecified atom stereocenters. The summed E-state index contributed by atoms with van der Waals surface area (Å²) in [6.07, 6.45) is -0.959. The lowest BCUT2D eigenvalue weighted by Crippen LogP contribution is -2.33. The van der Waals surface area contributed by atoms with Crippen molar-refractivity contribution in [1.29, 1.82) is 0 Å². The number of rotatable bonds is 4. The van der Waals surface area contributed by atoms with Gasteiger partial charge in [0.25, 0.3) is 0 Å². The van der Waals surface area contributed by atoms with Gasteiger partial charge < -0.3 is 10.2 Å². The Morgan fingerprint density at radius 1 is 1.42 bits per heavy atom. The largest absolute Gasteiger partial charge is 0.433 e. The third-order valence-electron chi connectivity index (χ3n) is 3.27. The second kappa shape index (κ2) is 5.77. The lowest BCUT2D eigenvalue weighted by atomic mass is 10.2. The van der Waals surface area contributed by atoms with Crippen molar-refractivity contribution in [3.05, 3.63) is 24.0 Å². The van der Waals surface area contributed by atoms with Crippen LogP contribution in [0.5, 0.6) is 0 Å². The Morgan fingerprint density at radius 3 is 2.79 bits per heavy atom. The van der Waals surface area contributed by atoms with Gasteiger partial charge in [0, 0.05) is 19.1 Å². The van der Waals surface area contributed by atoms with Gasteiger partial charge in [-0.1, -0.05) is 6.92 Å². The zero-order valence-corrected chi connectivity index (χ0v) is 10.9. The van der Waals surface area contributed by atoms with Crippen LogP contribution in [0, 0.1) is 0 Å².